The van der Waals surface area contributed by atoms with Gasteiger partial charge in [0.15, 0.2) is 5.82 Å². The molecule has 6 heteroatoms. The highest BCUT2D eigenvalue weighted by molar-refractivity contribution is 5.80. The molecule has 0 saturated carbocycles. The van der Waals surface area contributed by atoms with Gasteiger partial charge in [0.05, 0.1) is 7.11 Å². The van der Waals surface area contributed by atoms with E-state index in [9.17, 15) is 0 Å². The zero-order valence-corrected chi connectivity index (χ0v) is 8.19. The van der Waals surface area contributed by atoms with Crippen LogP contribution in [0.5, 0.6) is 5.75 Å². The van der Waals surface area contributed by atoms with Crippen molar-refractivity contribution in [3.8, 4) is 17.1 Å². The minimum atomic E-state index is 0.262. The second-order valence-electron chi connectivity index (χ2n) is 2.95. The number of hydrogen-bond donors (Lipinski definition) is 3. The summed E-state index contributed by atoms with van der Waals surface area (Å²) in [6, 6.07) is 3.57. The summed E-state index contributed by atoms with van der Waals surface area (Å²) in [4.78, 5) is 4.16. The molecule has 5 N–H and O–H groups in total. The van der Waals surface area contributed by atoms with Crippen molar-refractivity contribution in [3.05, 3.63) is 18.3 Å². The summed E-state index contributed by atoms with van der Waals surface area (Å²) in [5.41, 5.74) is 12.8. The van der Waals surface area contributed by atoms with E-state index in [1.807, 2.05) is 0 Å². The van der Waals surface area contributed by atoms with Gasteiger partial charge >= 0.3 is 0 Å². The van der Waals surface area contributed by atoms with Gasteiger partial charge in [-0.3, -0.25) is 10.1 Å². The van der Waals surface area contributed by atoms with Crippen molar-refractivity contribution in [1.29, 1.82) is 0 Å². The molecule has 2 aromatic heterocycles. The lowest BCUT2D eigenvalue weighted by Crippen LogP contribution is -1.95. The van der Waals surface area contributed by atoms with Crippen molar-refractivity contribution in [1.82, 2.24) is 15.2 Å². The van der Waals surface area contributed by atoms with Crippen LogP contribution < -0.4 is 16.2 Å². The van der Waals surface area contributed by atoms with Crippen molar-refractivity contribution in [3.63, 3.8) is 0 Å². The fourth-order valence-corrected chi connectivity index (χ4v) is 1.29. The van der Waals surface area contributed by atoms with Crippen molar-refractivity contribution in [2.75, 3.05) is 18.6 Å². The van der Waals surface area contributed by atoms with E-state index in [4.69, 9.17) is 16.2 Å². The predicted molar refractivity (Wildman–Crippen MR) is 57.2 cm³/mol. The van der Waals surface area contributed by atoms with Crippen LogP contribution in [-0.4, -0.2) is 22.3 Å². The van der Waals surface area contributed by atoms with Crippen molar-refractivity contribution >= 4 is 11.5 Å². The van der Waals surface area contributed by atoms with E-state index >= 15 is 0 Å². The van der Waals surface area contributed by atoms with E-state index < -0.39 is 0 Å². The van der Waals surface area contributed by atoms with Gasteiger partial charge in [-0.15, -0.1) is 0 Å². The molecule has 0 radical (unpaired) electrons. The molecule has 15 heavy (non-hydrogen) atoms. The first kappa shape index (κ1) is 9.32. The number of nitrogens with one attached hydrogen (secondary N) is 1. The van der Waals surface area contributed by atoms with Crippen LogP contribution in [0, 0.1) is 0 Å². The Morgan fingerprint density at radius 2 is 2.20 bits per heavy atom. The second kappa shape index (κ2) is 3.49. The Hall–Kier alpha value is -2.24. The van der Waals surface area contributed by atoms with E-state index in [0.29, 0.717) is 22.8 Å². The quantitative estimate of drug-likeness (QED) is 0.667. The zero-order chi connectivity index (χ0) is 10.8. The highest BCUT2D eigenvalue weighted by Crippen LogP contribution is 2.31. The summed E-state index contributed by atoms with van der Waals surface area (Å²) in [6.07, 6.45) is 1.65. The summed E-state index contributed by atoms with van der Waals surface area (Å²) in [5, 5.41) is 6.52. The van der Waals surface area contributed by atoms with Gasteiger partial charge in [-0.1, -0.05) is 0 Å². The van der Waals surface area contributed by atoms with Crippen molar-refractivity contribution < 1.29 is 4.74 Å². The minimum absolute atomic E-state index is 0.262. The third-order valence-corrected chi connectivity index (χ3v) is 2.06. The van der Waals surface area contributed by atoms with Gasteiger partial charge < -0.3 is 16.2 Å². The number of nitrogen functional groups attached to an aromatic ring is 2. The molecule has 0 aliphatic rings. The minimum Gasteiger partial charge on any atom is -0.494 e. The van der Waals surface area contributed by atoms with Crippen LogP contribution >= 0.6 is 0 Å². The third kappa shape index (κ3) is 1.45. The number of ether oxygens (including phenoxy) is 1. The number of pyridine rings is 1. The molecule has 0 fully saturated rings. The molecule has 0 amide bonds. The van der Waals surface area contributed by atoms with Crippen LogP contribution in [-0.2, 0) is 0 Å². The molecule has 0 aliphatic carbocycles. The zero-order valence-electron chi connectivity index (χ0n) is 8.19. The van der Waals surface area contributed by atoms with Gasteiger partial charge in [-0.25, -0.2) is 0 Å². The van der Waals surface area contributed by atoms with Gasteiger partial charge in [-0.05, 0) is 12.1 Å². The first-order valence-corrected chi connectivity index (χ1v) is 4.32. The fraction of sp³-hybridized carbons (Fsp3) is 0.111. The molecule has 0 saturated heterocycles. The van der Waals surface area contributed by atoms with Crippen LogP contribution in [0.4, 0.5) is 11.5 Å². The van der Waals surface area contributed by atoms with Crippen LogP contribution in [0.3, 0.4) is 0 Å². The molecule has 2 heterocycles. The Morgan fingerprint density at radius 1 is 1.40 bits per heavy atom. The summed E-state index contributed by atoms with van der Waals surface area (Å²) < 4.78 is 5.16. The fourth-order valence-electron chi connectivity index (χ4n) is 1.29. The van der Waals surface area contributed by atoms with E-state index in [1.165, 1.54) is 0 Å². The van der Waals surface area contributed by atoms with Crippen LogP contribution in [0.25, 0.3) is 11.4 Å². The molecular formula is C9H11N5O. The summed E-state index contributed by atoms with van der Waals surface area (Å²) in [6.45, 7) is 0. The summed E-state index contributed by atoms with van der Waals surface area (Å²) in [5.74, 6) is 0.880. The number of methoxy groups -OCH3 is 1. The number of nitrogens with zero attached hydrogens (tertiary/aromatic N) is 2. The lowest BCUT2D eigenvalue weighted by Gasteiger charge is -2.05. The van der Waals surface area contributed by atoms with Crippen molar-refractivity contribution in [2.24, 2.45) is 0 Å². The number of rotatable bonds is 2. The molecule has 78 valence electrons. The lowest BCUT2D eigenvalue weighted by atomic mass is 10.2. The first-order valence-electron chi connectivity index (χ1n) is 4.32. The molecule has 0 atom stereocenters. The highest BCUT2D eigenvalue weighted by atomic mass is 16.5. The van der Waals surface area contributed by atoms with E-state index in [0.717, 1.165) is 0 Å². The number of aromatic amines is 1. The molecule has 2 rings (SSSR count). The lowest BCUT2D eigenvalue weighted by molar-refractivity contribution is 0.414. The SMILES string of the molecule is COc1cccnc1-c1[nH]nc(N)c1N. The maximum atomic E-state index is 5.74. The number of nitrogens with two attached hydrogens (primary N) is 2. The average molecular weight is 205 g/mol. The predicted octanol–water partition coefficient (Wildman–Crippen LogP) is 0.645. The third-order valence-electron chi connectivity index (χ3n) is 2.06. The summed E-state index contributed by atoms with van der Waals surface area (Å²) >= 11 is 0. The Kier molecular flexibility index (Phi) is 2.17. The number of anilines is 2. The number of H-pyrrole nitrogens is 1. The van der Waals surface area contributed by atoms with Crippen molar-refractivity contribution in [2.45, 2.75) is 0 Å². The Bertz CT molecular complexity index is 479. The Balaban J connectivity index is 2.58. The van der Waals surface area contributed by atoms with Crippen LogP contribution in [0.15, 0.2) is 18.3 Å². The number of aromatic nitrogens is 3. The maximum Gasteiger partial charge on any atom is 0.169 e. The molecular weight excluding hydrogens is 194 g/mol. The molecule has 0 bridgehead atoms. The molecule has 0 aromatic carbocycles. The molecule has 6 nitrogen and oxygen atoms in total. The first-order chi connectivity index (χ1) is 7.24. The molecule has 2 aromatic rings. The highest BCUT2D eigenvalue weighted by Gasteiger charge is 2.14. The van der Waals surface area contributed by atoms with E-state index in [-0.39, 0.29) is 5.82 Å². The normalized spacial score (nSPS) is 10.2. The standard InChI is InChI=1S/C9H11N5O/c1-15-5-3-2-4-12-7(5)8-6(10)9(11)14-13-8/h2-4H,10H2,1H3,(H3,11,13,14). The Morgan fingerprint density at radius 3 is 2.80 bits per heavy atom. The topological polar surface area (TPSA) is 103 Å². The van der Waals surface area contributed by atoms with Crippen LogP contribution in [0.1, 0.15) is 0 Å². The van der Waals surface area contributed by atoms with Crippen LogP contribution in [0.2, 0.25) is 0 Å². The Labute approximate surface area is 86.3 Å². The van der Waals surface area contributed by atoms with Gasteiger partial charge in [0.2, 0.25) is 0 Å². The second-order valence-corrected chi connectivity index (χ2v) is 2.95. The monoisotopic (exact) mass is 205 g/mol. The van der Waals surface area contributed by atoms with Gasteiger partial charge in [0.1, 0.15) is 22.8 Å². The molecule has 0 unspecified atom stereocenters. The molecule has 0 spiro atoms. The smallest absolute Gasteiger partial charge is 0.169 e. The average Bonchev–Trinajstić information content (AvgIpc) is 2.60. The molecule has 0 aliphatic heterocycles. The van der Waals surface area contributed by atoms with E-state index in [2.05, 4.69) is 15.2 Å². The number of hydrogen-bond acceptors (Lipinski definition) is 5. The van der Waals surface area contributed by atoms with Gasteiger partial charge in [-0.2, -0.15) is 5.10 Å². The van der Waals surface area contributed by atoms with E-state index in [1.54, 1.807) is 25.4 Å². The largest absolute Gasteiger partial charge is 0.494 e. The maximum absolute atomic E-state index is 5.74. The van der Waals surface area contributed by atoms with Gasteiger partial charge in [0.25, 0.3) is 0 Å². The van der Waals surface area contributed by atoms with Gasteiger partial charge in [0, 0.05) is 6.20 Å². The summed E-state index contributed by atoms with van der Waals surface area (Å²) in [7, 11) is 1.57.